The molecule has 1 unspecified atom stereocenters. The molecule has 1 radical (unpaired) electrons. The molecule has 3 heterocycles. The van der Waals surface area contributed by atoms with Gasteiger partial charge in [0.25, 0.3) is 11.4 Å². The van der Waals surface area contributed by atoms with Crippen molar-refractivity contribution in [1.29, 1.82) is 0 Å². The third kappa shape index (κ3) is 7.53. The first-order valence-electron chi connectivity index (χ1n) is 15.1. The average molecular weight is 694 g/mol. The Labute approximate surface area is 294 Å². The van der Waals surface area contributed by atoms with E-state index in [1.54, 1.807) is 0 Å². The van der Waals surface area contributed by atoms with Crippen LogP contribution in [0.25, 0.3) is 0 Å². The molecule has 3 aliphatic rings. The van der Waals surface area contributed by atoms with Crippen molar-refractivity contribution in [2.75, 3.05) is 0 Å². The largest absolute Gasteiger partial charge is 0 e. The van der Waals surface area contributed by atoms with E-state index in [9.17, 15) is 0 Å². The minimum atomic E-state index is -1.17. The number of nitrogens with zero attached hydrogens (tertiary/aromatic N) is 2. The molecular weight excluding hydrogens is 651 g/mol. The summed E-state index contributed by atoms with van der Waals surface area (Å²) in [5.74, 6) is 1.80. The van der Waals surface area contributed by atoms with E-state index in [-0.39, 0.29) is 33.0 Å². The first-order valence-corrected chi connectivity index (χ1v) is 15.1. The Morgan fingerprint density at radius 1 is 0.604 bits per heavy atom. The Kier molecular flexibility index (Phi) is 14.0. The van der Waals surface area contributed by atoms with Gasteiger partial charge in [-0.05, 0) is 60.6 Å². The second-order valence-corrected chi connectivity index (χ2v) is 14.3. The molecule has 0 fully saturated rings. The van der Waals surface area contributed by atoms with Gasteiger partial charge in [-0.3, -0.25) is 0 Å². The van der Waals surface area contributed by atoms with Crippen LogP contribution in [0.2, 0.25) is 0 Å². The van der Waals surface area contributed by atoms with Crippen molar-refractivity contribution < 1.29 is 54.0 Å². The van der Waals surface area contributed by atoms with Crippen molar-refractivity contribution in [1.82, 2.24) is 0 Å². The molecule has 3 aliphatic heterocycles. The van der Waals surface area contributed by atoms with Crippen LogP contribution in [0.5, 0.6) is 11.5 Å². The number of aryl methyl sites for hydroxylation is 1. The molecule has 6 rings (SSSR count). The molecule has 8 nitrogen and oxygen atoms in total. The molecule has 0 saturated carbocycles. The zero-order chi connectivity index (χ0) is 36.1. The van der Waals surface area contributed by atoms with Crippen molar-refractivity contribution in [2.45, 2.75) is 97.9 Å². The number of rotatable bonds is 1. The van der Waals surface area contributed by atoms with Gasteiger partial charge < -0.3 is 9.47 Å². The summed E-state index contributed by atoms with van der Waals surface area (Å²) in [4.78, 5) is 0. The molecule has 0 saturated heterocycles. The van der Waals surface area contributed by atoms with Crippen LogP contribution in [0.4, 0.5) is 11.4 Å². The topological polar surface area (TPSA) is 104 Å². The molecule has 0 amide bonds. The first kappa shape index (κ1) is 42.1. The maximum Gasteiger partial charge on any atom is 0 e. The minimum absolute atomic E-state index is 0. The molecule has 0 bridgehead atoms. The van der Waals surface area contributed by atoms with Gasteiger partial charge in [-0.25, -0.2) is 0 Å². The molecule has 0 N–H and O–H groups in total. The van der Waals surface area contributed by atoms with E-state index in [4.69, 9.17) is 28.1 Å². The fourth-order valence-electron chi connectivity index (χ4n) is 5.84. The predicted molar refractivity (Wildman–Crippen MR) is 175 cm³/mol. The summed E-state index contributed by atoms with van der Waals surface area (Å²) in [6, 6.07) is 16.5. The van der Waals surface area contributed by atoms with E-state index in [1.165, 1.54) is 22.3 Å². The van der Waals surface area contributed by atoms with Crippen LogP contribution >= 0.6 is 0 Å². The quantitative estimate of drug-likeness (QED) is 0.147. The van der Waals surface area contributed by atoms with Gasteiger partial charge in [0, 0.05) is 34.5 Å². The molecule has 1 atom stereocenters. The summed E-state index contributed by atoms with van der Waals surface area (Å²) >= 11 is 0. The zero-order valence-electron chi connectivity index (χ0n) is 29.2. The smallest absolute Gasteiger partial charge is 0 e. The second-order valence-electron chi connectivity index (χ2n) is 14.3. The van der Waals surface area contributed by atoms with E-state index in [2.05, 4.69) is 166 Å². The summed E-state index contributed by atoms with van der Waals surface area (Å²) in [6.07, 6.45) is 5.34. The van der Waals surface area contributed by atoms with Crippen LogP contribution in [0.1, 0.15) is 103 Å². The monoisotopic (exact) mass is 693 g/mol. The SMILES string of the molecule is CCc1cc(C(C)(C)C)cc2c1OC13Oc4c(cc(C(C)(C)C)cc4C(C)(C)C)C=[N+]1c1ccccc1[N+]3=C2.[C-]#[O+].[C-]#[O+].[C-]#[O+].[C-]#[O+].[Co]. The number of para-hydroxylation sites is 2. The van der Waals surface area contributed by atoms with Gasteiger partial charge in [-0.15, -0.1) is 0 Å². The third-order valence-electron chi connectivity index (χ3n) is 8.25. The molecule has 3 aromatic carbocycles. The van der Waals surface area contributed by atoms with Gasteiger partial charge in [0.15, 0.2) is 23.9 Å². The van der Waals surface area contributed by atoms with Crippen molar-refractivity contribution >= 4 is 23.8 Å². The molecule has 1 spiro atoms. The van der Waals surface area contributed by atoms with Crippen molar-refractivity contribution in [3.8, 4) is 11.5 Å². The summed E-state index contributed by atoms with van der Waals surface area (Å²) in [7, 11) is 0. The molecule has 48 heavy (non-hydrogen) atoms. The van der Waals surface area contributed by atoms with Crippen LogP contribution < -0.4 is 9.47 Å². The van der Waals surface area contributed by atoms with Crippen molar-refractivity contribution in [3.63, 3.8) is 0 Å². The molecule has 251 valence electrons. The van der Waals surface area contributed by atoms with Gasteiger partial charge in [-0.2, -0.15) is 0 Å². The van der Waals surface area contributed by atoms with Gasteiger partial charge in [-0.1, -0.05) is 93.5 Å². The van der Waals surface area contributed by atoms with Gasteiger partial charge in [0.1, 0.15) is 0 Å². The van der Waals surface area contributed by atoms with Crippen LogP contribution in [0, 0.1) is 26.6 Å². The Hall–Kier alpha value is -3.93. The number of hydrogen-bond donors (Lipinski definition) is 0. The van der Waals surface area contributed by atoms with E-state index in [1.807, 2.05) is 0 Å². The summed E-state index contributed by atoms with van der Waals surface area (Å²) in [5.41, 5.74) is 9.27. The zero-order valence-corrected chi connectivity index (χ0v) is 30.2. The minimum Gasteiger partial charge on any atom is 0 e. The fourth-order valence-corrected chi connectivity index (χ4v) is 5.84. The van der Waals surface area contributed by atoms with Gasteiger partial charge in [0.2, 0.25) is 0 Å². The summed E-state index contributed by atoms with van der Waals surface area (Å²) < 4.78 is 48.6. The van der Waals surface area contributed by atoms with E-state index in [0.717, 1.165) is 40.4 Å². The van der Waals surface area contributed by atoms with E-state index < -0.39 is 6.03 Å². The first-order chi connectivity index (χ1) is 22.1. The Bertz CT molecular complexity index is 1770. The maximum absolute atomic E-state index is 7.50. The van der Waals surface area contributed by atoms with Crippen LogP contribution in [-0.2, 0) is 58.1 Å². The number of benzene rings is 3. The predicted octanol–water partition coefficient (Wildman–Crippen LogP) is 7.92. The van der Waals surface area contributed by atoms with Crippen LogP contribution in [-0.4, -0.2) is 27.6 Å². The third-order valence-corrected chi connectivity index (χ3v) is 8.25. The Morgan fingerprint density at radius 3 is 1.40 bits per heavy atom. The molecular formula is C39H42CoN2O6+2. The molecule has 9 heteroatoms. The van der Waals surface area contributed by atoms with Crippen LogP contribution in [0.3, 0.4) is 0 Å². The van der Waals surface area contributed by atoms with Crippen LogP contribution in [0.15, 0.2) is 48.5 Å². The Morgan fingerprint density at radius 2 is 1.00 bits per heavy atom. The van der Waals surface area contributed by atoms with Crippen molar-refractivity contribution in [2.24, 2.45) is 0 Å². The van der Waals surface area contributed by atoms with E-state index in [0.29, 0.717) is 0 Å². The number of hydrogen-bond acceptors (Lipinski definition) is 2. The molecule has 0 aliphatic carbocycles. The summed E-state index contributed by atoms with van der Waals surface area (Å²) in [6.45, 7) is 40.6. The second kappa shape index (κ2) is 16.0. The number of fused-ring (bicyclic) bond motifs is 5. The van der Waals surface area contributed by atoms with E-state index >= 15 is 0 Å². The van der Waals surface area contributed by atoms with Gasteiger partial charge >= 0.3 is 51.2 Å². The Balaban J connectivity index is 0.00000119. The normalized spacial score (nSPS) is 16.0. The molecule has 3 aromatic rings. The van der Waals surface area contributed by atoms with Gasteiger partial charge in [0.05, 0.1) is 11.1 Å². The maximum atomic E-state index is 7.50. The molecule has 0 aromatic heterocycles. The van der Waals surface area contributed by atoms with Crippen molar-refractivity contribution in [3.05, 3.63) is 109 Å². The standard InChI is InChI=1S/C35H42N2O2.4CO.Co/c1-11-22-16-25(32(2,3)4)17-23-20-36-28-14-12-13-15-29(28)37-21-24-18-26(33(5,6)7)19-27(34(8,9)10)31(24)39-35(36,37)38-30(22)23;4*1-2;/h12-21H,11H2,1-10H3;;;;;/q+2;;;;;. The fraction of sp³-hybridized carbons (Fsp3) is 0.385. The number of ether oxygens (including phenoxy) is 2. The average Bonchev–Trinajstić information content (AvgIpc) is 3.32. The summed E-state index contributed by atoms with van der Waals surface area (Å²) in [5, 5.41) is 0.